The maximum absolute atomic E-state index is 13.2. The lowest BCUT2D eigenvalue weighted by Gasteiger charge is -2.21. The molecule has 0 fully saturated rings. The Labute approximate surface area is 193 Å². The molecular weight excluding hydrogens is 414 g/mol. The van der Waals surface area contributed by atoms with Crippen molar-refractivity contribution in [2.24, 2.45) is 0 Å². The quantitative estimate of drug-likeness (QED) is 0.364. The normalized spacial score (nSPS) is 12.6. The van der Waals surface area contributed by atoms with Gasteiger partial charge in [-0.3, -0.25) is 4.79 Å². The zero-order valence-corrected chi connectivity index (χ0v) is 18.5. The van der Waals surface area contributed by atoms with E-state index in [4.69, 9.17) is 4.74 Å². The second-order valence-electron chi connectivity index (χ2n) is 7.96. The Morgan fingerprint density at radius 2 is 1.55 bits per heavy atom. The first kappa shape index (κ1) is 22.1. The lowest BCUT2D eigenvalue weighted by Crippen LogP contribution is -2.48. The molecule has 0 aliphatic heterocycles. The average molecular weight is 442 g/mol. The van der Waals surface area contributed by atoms with Gasteiger partial charge >= 0.3 is 6.09 Å². The topological polar surface area (TPSA) is 83.2 Å². The third kappa shape index (κ3) is 5.80. The first-order chi connectivity index (χ1) is 16.1. The first-order valence-electron chi connectivity index (χ1n) is 11.0. The minimum atomic E-state index is -0.793. The Morgan fingerprint density at radius 3 is 2.30 bits per heavy atom. The number of carbonyl (C=O) groups is 2. The second-order valence-corrected chi connectivity index (χ2v) is 7.96. The number of benzene rings is 3. The molecule has 6 nitrogen and oxygen atoms in total. The second kappa shape index (κ2) is 10.5. The number of para-hydroxylation sites is 1. The standard InChI is InChI=1S/C27H27N3O3/c1-19(21-12-6-3-7-13-21)29-26(31)25(16-22-17-28-24-15-9-8-14-23(22)24)30-27(32)33-18-20-10-4-2-5-11-20/h2-15,17,19,25,28H,16,18H2,1H3,(H,29,31)(H,30,32)/t19-,25-/m0/s1. The van der Waals surface area contributed by atoms with E-state index in [0.29, 0.717) is 6.42 Å². The van der Waals surface area contributed by atoms with Crippen LogP contribution in [0, 0.1) is 0 Å². The van der Waals surface area contributed by atoms with Gasteiger partial charge in [0, 0.05) is 23.5 Å². The molecule has 1 heterocycles. The highest BCUT2D eigenvalue weighted by molar-refractivity contribution is 5.88. The van der Waals surface area contributed by atoms with E-state index in [2.05, 4.69) is 15.6 Å². The summed E-state index contributed by atoms with van der Waals surface area (Å²) in [7, 11) is 0. The van der Waals surface area contributed by atoms with E-state index in [1.807, 2.05) is 98.0 Å². The molecule has 4 rings (SSSR count). The Balaban J connectivity index is 1.48. The number of rotatable bonds is 8. The van der Waals surface area contributed by atoms with Crippen molar-refractivity contribution < 1.29 is 14.3 Å². The SMILES string of the molecule is C[C@H](NC(=O)[C@H](Cc1c[nH]c2ccccc12)NC(=O)OCc1ccccc1)c1ccccc1. The summed E-state index contributed by atoms with van der Waals surface area (Å²) in [6.45, 7) is 2.05. The summed E-state index contributed by atoms with van der Waals surface area (Å²) in [6, 6.07) is 26.0. The lowest BCUT2D eigenvalue weighted by atomic mass is 10.0. The molecule has 0 radical (unpaired) electrons. The van der Waals surface area contributed by atoms with Crippen LogP contribution in [0.15, 0.2) is 91.1 Å². The van der Waals surface area contributed by atoms with Crippen LogP contribution in [0.4, 0.5) is 4.79 Å². The van der Waals surface area contributed by atoms with Crippen LogP contribution in [0.3, 0.4) is 0 Å². The fraction of sp³-hybridized carbons (Fsp3) is 0.185. The molecule has 0 bridgehead atoms. The monoisotopic (exact) mass is 441 g/mol. The van der Waals surface area contributed by atoms with Gasteiger partial charge in [0.15, 0.2) is 0 Å². The van der Waals surface area contributed by atoms with Gasteiger partial charge in [-0.25, -0.2) is 4.79 Å². The highest BCUT2D eigenvalue weighted by atomic mass is 16.5. The van der Waals surface area contributed by atoms with Crippen molar-refractivity contribution in [1.82, 2.24) is 15.6 Å². The third-order valence-corrected chi connectivity index (χ3v) is 5.58. The molecule has 33 heavy (non-hydrogen) atoms. The van der Waals surface area contributed by atoms with Gasteiger partial charge in [-0.15, -0.1) is 0 Å². The zero-order valence-electron chi connectivity index (χ0n) is 18.5. The van der Waals surface area contributed by atoms with Crippen LogP contribution in [-0.4, -0.2) is 23.0 Å². The Hall–Kier alpha value is -4.06. The number of carbonyl (C=O) groups excluding carboxylic acids is 2. The van der Waals surface area contributed by atoms with E-state index in [1.165, 1.54) is 0 Å². The molecule has 168 valence electrons. The average Bonchev–Trinajstić information content (AvgIpc) is 3.26. The highest BCUT2D eigenvalue weighted by Gasteiger charge is 2.25. The largest absolute Gasteiger partial charge is 0.445 e. The molecule has 4 aromatic rings. The number of aromatic amines is 1. The molecule has 2 atom stereocenters. The molecule has 3 aromatic carbocycles. The van der Waals surface area contributed by atoms with E-state index >= 15 is 0 Å². The predicted molar refractivity (Wildman–Crippen MR) is 129 cm³/mol. The summed E-state index contributed by atoms with van der Waals surface area (Å²) < 4.78 is 5.37. The molecule has 0 unspecified atom stereocenters. The Morgan fingerprint density at radius 1 is 0.879 bits per heavy atom. The summed E-state index contributed by atoms with van der Waals surface area (Å²) in [6.07, 6.45) is 1.58. The van der Waals surface area contributed by atoms with Crippen LogP contribution >= 0.6 is 0 Å². The van der Waals surface area contributed by atoms with E-state index in [-0.39, 0.29) is 18.6 Å². The molecule has 1 aromatic heterocycles. The third-order valence-electron chi connectivity index (χ3n) is 5.58. The molecule has 2 amide bonds. The predicted octanol–water partition coefficient (Wildman–Crippen LogP) is 4.88. The smallest absolute Gasteiger partial charge is 0.408 e. The summed E-state index contributed by atoms with van der Waals surface area (Å²) >= 11 is 0. The number of H-pyrrole nitrogens is 1. The summed E-state index contributed by atoms with van der Waals surface area (Å²) in [5, 5.41) is 6.80. The minimum Gasteiger partial charge on any atom is -0.445 e. The van der Waals surface area contributed by atoms with Gasteiger partial charge in [-0.05, 0) is 29.7 Å². The number of fused-ring (bicyclic) bond motifs is 1. The van der Waals surface area contributed by atoms with Crippen molar-refractivity contribution in [2.45, 2.75) is 32.0 Å². The van der Waals surface area contributed by atoms with Crippen molar-refractivity contribution in [3.8, 4) is 0 Å². The Bertz CT molecular complexity index is 1210. The van der Waals surface area contributed by atoms with E-state index in [0.717, 1.165) is 27.6 Å². The maximum atomic E-state index is 13.2. The van der Waals surface area contributed by atoms with Gasteiger partial charge in [0.2, 0.25) is 5.91 Å². The van der Waals surface area contributed by atoms with Gasteiger partial charge in [-0.2, -0.15) is 0 Å². The number of hydrogen-bond acceptors (Lipinski definition) is 3. The van der Waals surface area contributed by atoms with Gasteiger partial charge < -0.3 is 20.4 Å². The molecule has 3 N–H and O–H groups in total. The van der Waals surface area contributed by atoms with Crippen molar-refractivity contribution in [3.63, 3.8) is 0 Å². The van der Waals surface area contributed by atoms with Crippen molar-refractivity contribution in [2.75, 3.05) is 0 Å². The summed E-state index contributed by atoms with van der Waals surface area (Å²) in [5.41, 5.74) is 3.80. The van der Waals surface area contributed by atoms with Crippen LogP contribution in [-0.2, 0) is 22.6 Å². The number of aromatic nitrogens is 1. The maximum Gasteiger partial charge on any atom is 0.408 e. The molecule has 0 aliphatic carbocycles. The molecule has 0 saturated heterocycles. The van der Waals surface area contributed by atoms with E-state index < -0.39 is 12.1 Å². The highest BCUT2D eigenvalue weighted by Crippen LogP contribution is 2.20. The number of ether oxygens (including phenoxy) is 1. The van der Waals surface area contributed by atoms with Crippen LogP contribution in [0.2, 0.25) is 0 Å². The van der Waals surface area contributed by atoms with Crippen molar-refractivity contribution in [1.29, 1.82) is 0 Å². The van der Waals surface area contributed by atoms with E-state index in [9.17, 15) is 9.59 Å². The van der Waals surface area contributed by atoms with Crippen molar-refractivity contribution >= 4 is 22.9 Å². The zero-order chi connectivity index (χ0) is 23.0. The number of alkyl carbamates (subject to hydrolysis) is 1. The molecule has 0 aliphatic rings. The van der Waals surface area contributed by atoms with Gasteiger partial charge in [0.05, 0.1) is 6.04 Å². The fourth-order valence-corrected chi connectivity index (χ4v) is 3.78. The lowest BCUT2D eigenvalue weighted by molar-refractivity contribution is -0.123. The fourth-order valence-electron chi connectivity index (χ4n) is 3.78. The minimum absolute atomic E-state index is 0.133. The number of hydrogen-bond donors (Lipinski definition) is 3. The first-order valence-corrected chi connectivity index (χ1v) is 11.0. The number of nitrogens with one attached hydrogen (secondary N) is 3. The molecular formula is C27H27N3O3. The molecule has 0 saturated carbocycles. The summed E-state index contributed by atoms with van der Waals surface area (Å²) in [4.78, 5) is 29.0. The van der Waals surface area contributed by atoms with E-state index in [1.54, 1.807) is 0 Å². The summed E-state index contributed by atoms with van der Waals surface area (Å²) in [5.74, 6) is -0.270. The number of amides is 2. The van der Waals surface area contributed by atoms with Crippen LogP contribution in [0.25, 0.3) is 10.9 Å². The van der Waals surface area contributed by atoms with Gasteiger partial charge in [-0.1, -0.05) is 78.9 Å². The Kier molecular flexibility index (Phi) is 7.05. The van der Waals surface area contributed by atoms with Crippen LogP contribution in [0.5, 0.6) is 0 Å². The van der Waals surface area contributed by atoms with Crippen LogP contribution < -0.4 is 10.6 Å². The van der Waals surface area contributed by atoms with Gasteiger partial charge in [0.1, 0.15) is 12.6 Å². The van der Waals surface area contributed by atoms with Crippen molar-refractivity contribution in [3.05, 3.63) is 108 Å². The van der Waals surface area contributed by atoms with Crippen LogP contribution in [0.1, 0.15) is 29.7 Å². The molecule has 6 heteroatoms. The van der Waals surface area contributed by atoms with Gasteiger partial charge in [0.25, 0.3) is 0 Å². The molecule has 0 spiro atoms.